The maximum Gasteiger partial charge on any atom is 0.435 e. The quantitative estimate of drug-likeness (QED) is 0.819. The third-order valence-electron chi connectivity index (χ3n) is 2.70. The van der Waals surface area contributed by atoms with Crippen LogP contribution in [0.2, 0.25) is 0 Å². The first kappa shape index (κ1) is 15.0. The molecule has 0 aromatic carbocycles. The molecule has 0 saturated heterocycles. The molecule has 1 rings (SSSR count). The van der Waals surface area contributed by atoms with Gasteiger partial charge in [0, 0.05) is 18.8 Å². The largest absolute Gasteiger partial charge is 0.435 e. The van der Waals surface area contributed by atoms with Gasteiger partial charge < -0.3 is 5.32 Å². The summed E-state index contributed by atoms with van der Waals surface area (Å²) < 4.78 is 38.3. The molecule has 3 nitrogen and oxygen atoms in total. The van der Waals surface area contributed by atoms with E-state index in [9.17, 15) is 13.2 Å². The molecule has 0 amide bonds. The number of nitrogens with one attached hydrogen (secondary N) is 1. The highest BCUT2D eigenvalue weighted by Crippen LogP contribution is 2.27. The normalized spacial score (nSPS) is 13.8. The van der Waals surface area contributed by atoms with Gasteiger partial charge in [-0.1, -0.05) is 6.92 Å². The molecule has 0 aliphatic carbocycles. The van der Waals surface area contributed by atoms with Crippen LogP contribution in [-0.4, -0.2) is 22.4 Å². The number of aryl methyl sites for hydroxylation is 1. The van der Waals surface area contributed by atoms with Crippen LogP contribution in [0.3, 0.4) is 0 Å². The van der Waals surface area contributed by atoms with Crippen LogP contribution in [0, 0.1) is 0 Å². The Hall–Kier alpha value is -1.04. The minimum absolute atomic E-state index is 0.391. The topological polar surface area (TPSA) is 29.9 Å². The molecule has 0 fully saturated rings. The lowest BCUT2D eigenvalue weighted by Crippen LogP contribution is -2.26. The SMILES string of the molecule is CCCNC(C)CCCn1ccc(C(F)(F)F)n1. The summed E-state index contributed by atoms with van der Waals surface area (Å²) in [7, 11) is 0. The molecule has 18 heavy (non-hydrogen) atoms. The van der Waals surface area contributed by atoms with Gasteiger partial charge >= 0.3 is 6.18 Å². The van der Waals surface area contributed by atoms with Crippen LogP contribution in [0.5, 0.6) is 0 Å². The molecule has 1 aromatic heterocycles. The Bertz CT molecular complexity index is 347. The minimum Gasteiger partial charge on any atom is -0.314 e. The van der Waals surface area contributed by atoms with Gasteiger partial charge in [0.05, 0.1) is 0 Å². The summed E-state index contributed by atoms with van der Waals surface area (Å²) in [4.78, 5) is 0. The van der Waals surface area contributed by atoms with Crippen molar-refractivity contribution in [2.45, 2.75) is 51.9 Å². The highest BCUT2D eigenvalue weighted by Gasteiger charge is 2.33. The van der Waals surface area contributed by atoms with Crippen LogP contribution < -0.4 is 5.32 Å². The van der Waals surface area contributed by atoms with E-state index in [4.69, 9.17) is 0 Å². The third-order valence-corrected chi connectivity index (χ3v) is 2.70. The molecule has 0 spiro atoms. The predicted molar refractivity (Wildman–Crippen MR) is 64.2 cm³/mol. The van der Waals surface area contributed by atoms with Gasteiger partial charge in [-0.2, -0.15) is 18.3 Å². The number of aromatic nitrogens is 2. The third kappa shape index (κ3) is 5.08. The Morgan fingerprint density at radius 3 is 2.72 bits per heavy atom. The van der Waals surface area contributed by atoms with Crippen LogP contribution in [0.4, 0.5) is 13.2 Å². The van der Waals surface area contributed by atoms with Crippen molar-refractivity contribution in [3.63, 3.8) is 0 Å². The van der Waals surface area contributed by atoms with Gasteiger partial charge in [0.1, 0.15) is 0 Å². The van der Waals surface area contributed by atoms with E-state index in [-0.39, 0.29) is 0 Å². The fourth-order valence-corrected chi connectivity index (χ4v) is 1.69. The van der Waals surface area contributed by atoms with E-state index in [1.54, 1.807) is 0 Å². The van der Waals surface area contributed by atoms with Crippen molar-refractivity contribution in [3.8, 4) is 0 Å². The molecule has 0 aliphatic heterocycles. The van der Waals surface area contributed by atoms with E-state index in [0.29, 0.717) is 12.6 Å². The average Bonchev–Trinajstić information content (AvgIpc) is 2.74. The fraction of sp³-hybridized carbons (Fsp3) is 0.750. The molecular formula is C12H20F3N3. The molecule has 0 aliphatic rings. The van der Waals surface area contributed by atoms with Gasteiger partial charge in [0.15, 0.2) is 5.69 Å². The number of hydrogen-bond donors (Lipinski definition) is 1. The smallest absolute Gasteiger partial charge is 0.314 e. The number of hydrogen-bond acceptors (Lipinski definition) is 2. The van der Waals surface area contributed by atoms with Gasteiger partial charge in [0.2, 0.25) is 0 Å². The zero-order chi connectivity index (χ0) is 13.6. The first-order valence-electron chi connectivity index (χ1n) is 6.27. The molecule has 0 radical (unpaired) electrons. The zero-order valence-corrected chi connectivity index (χ0v) is 10.8. The Labute approximate surface area is 105 Å². The molecule has 6 heteroatoms. The van der Waals surface area contributed by atoms with E-state index in [0.717, 1.165) is 31.9 Å². The van der Waals surface area contributed by atoms with Crippen molar-refractivity contribution in [2.75, 3.05) is 6.54 Å². The van der Waals surface area contributed by atoms with Crippen LogP contribution in [0.15, 0.2) is 12.3 Å². The molecule has 1 unspecified atom stereocenters. The predicted octanol–water partition coefficient (Wildman–Crippen LogP) is 3.07. The Balaban J connectivity index is 2.29. The van der Waals surface area contributed by atoms with Crippen molar-refractivity contribution < 1.29 is 13.2 Å². The molecule has 1 N–H and O–H groups in total. The van der Waals surface area contributed by atoms with E-state index in [1.807, 2.05) is 0 Å². The first-order chi connectivity index (χ1) is 8.43. The lowest BCUT2D eigenvalue weighted by atomic mass is 10.2. The summed E-state index contributed by atoms with van der Waals surface area (Å²) in [6.07, 6.45) is -0.134. The zero-order valence-electron chi connectivity index (χ0n) is 10.8. The van der Waals surface area contributed by atoms with E-state index in [1.165, 1.54) is 10.9 Å². The van der Waals surface area contributed by atoms with E-state index in [2.05, 4.69) is 24.3 Å². The van der Waals surface area contributed by atoms with Crippen LogP contribution in [0.25, 0.3) is 0 Å². The van der Waals surface area contributed by atoms with E-state index < -0.39 is 11.9 Å². The average molecular weight is 263 g/mol. The maximum atomic E-state index is 12.3. The second-order valence-electron chi connectivity index (χ2n) is 4.46. The first-order valence-corrected chi connectivity index (χ1v) is 6.27. The van der Waals surface area contributed by atoms with Crippen molar-refractivity contribution in [2.24, 2.45) is 0 Å². The molecule has 1 heterocycles. The van der Waals surface area contributed by atoms with Crippen molar-refractivity contribution >= 4 is 0 Å². The second-order valence-corrected chi connectivity index (χ2v) is 4.46. The summed E-state index contributed by atoms with van der Waals surface area (Å²) in [6.45, 7) is 5.68. The van der Waals surface area contributed by atoms with Gasteiger partial charge in [-0.25, -0.2) is 0 Å². The summed E-state index contributed by atoms with van der Waals surface area (Å²) in [5.74, 6) is 0. The summed E-state index contributed by atoms with van der Waals surface area (Å²) in [5.41, 5.74) is -0.820. The fourth-order valence-electron chi connectivity index (χ4n) is 1.69. The Kier molecular flexibility index (Phi) is 5.65. The van der Waals surface area contributed by atoms with Crippen molar-refractivity contribution in [1.82, 2.24) is 15.1 Å². The van der Waals surface area contributed by atoms with Crippen molar-refractivity contribution in [1.29, 1.82) is 0 Å². The highest BCUT2D eigenvalue weighted by molar-refractivity contribution is 5.03. The lowest BCUT2D eigenvalue weighted by Gasteiger charge is -2.12. The number of nitrogens with zero attached hydrogens (tertiary/aromatic N) is 2. The lowest BCUT2D eigenvalue weighted by molar-refractivity contribution is -0.141. The summed E-state index contributed by atoms with van der Waals surface area (Å²) >= 11 is 0. The number of rotatable bonds is 7. The molecule has 0 bridgehead atoms. The van der Waals surface area contributed by atoms with Gasteiger partial charge in [-0.3, -0.25) is 4.68 Å². The maximum absolute atomic E-state index is 12.3. The monoisotopic (exact) mass is 263 g/mol. The molecule has 1 atom stereocenters. The van der Waals surface area contributed by atoms with Crippen LogP contribution in [-0.2, 0) is 12.7 Å². The second kappa shape index (κ2) is 6.78. The molecule has 0 saturated carbocycles. The van der Waals surface area contributed by atoms with Gasteiger partial charge in [-0.15, -0.1) is 0 Å². The summed E-state index contributed by atoms with van der Waals surface area (Å²) in [5, 5.41) is 6.85. The standard InChI is InChI=1S/C12H20F3N3/c1-3-7-16-10(2)5-4-8-18-9-6-11(17-18)12(13,14)15/h6,9-10,16H,3-5,7-8H2,1-2H3. The number of halogens is 3. The Morgan fingerprint density at radius 1 is 1.44 bits per heavy atom. The van der Waals surface area contributed by atoms with E-state index >= 15 is 0 Å². The highest BCUT2D eigenvalue weighted by atomic mass is 19.4. The summed E-state index contributed by atoms with van der Waals surface area (Å²) in [6, 6.07) is 1.40. The Morgan fingerprint density at radius 2 is 2.17 bits per heavy atom. The molecule has 104 valence electrons. The molecular weight excluding hydrogens is 243 g/mol. The number of alkyl halides is 3. The van der Waals surface area contributed by atoms with Crippen LogP contribution in [0.1, 0.15) is 38.8 Å². The van der Waals surface area contributed by atoms with Crippen LogP contribution >= 0.6 is 0 Å². The minimum atomic E-state index is -4.35. The van der Waals surface area contributed by atoms with Crippen molar-refractivity contribution in [3.05, 3.63) is 18.0 Å². The molecule has 1 aromatic rings. The van der Waals surface area contributed by atoms with Gasteiger partial charge in [0.25, 0.3) is 0 Å². The van der Waals surface area contributed by atoms with Gasteiger partial charge in [-0.05, 0) is 38.8 Å².